The van der Waals surface area contributed by atoms with E-state index in [1.165, 1.54) is 0 Å². The number of Topliss-reactive ketones (excluding diaryl/α,β-unsaturated/α-hetero) is 1. The van der Waals surface area contributed by atoms with Gasteiger partial charge in [0, 0.05) is 0 Å². The van der Waals surface area contributed by atoms with Gasteiger partial charge in [-0.2, -0.15) is 12.6 Å². The Bertz CT molecular complexity index is 631. The molecular formula is C18H19NO3S. The standard InChI is InChI=1S/C18H19NO3S/c20-17(13-23)16(11-14-7-3-1-4-8-14)19-18(21)22-12-15-9-5-2-6-10-15/h1-10,16,23H,11-13H2,(H,19,21)/t16-/m1/s1. The predicted octanol–water partition coefficient (Wildman–Crippen LogP) is 3.02. The van der Waals surface area contributed by atoms with Crippen molar-refractivity contribution < 1.29 is 14.3 Å². The highest BCUT2D eigenvalue weighted by molar-refractivity contribution is 7.81. The summed E-state index contributed by atoms with van der Waals surface area (Å²) in [5, 5.41) is 2.63. The second-order valence-electron chi connectivity index (χ2n) is 5.07. The number of ketones is 1. The van der Waals surface area contributed by atoms with E-state index >= 15 is 0 Å². The van der Waals surface area contributed by atoms with Crippen molar-refractivity contribution in [2.75, 3.05) is 5.75 Å². The van der Waals surface area contributed by atoms with Crippen LogP contribution in [-0.2, 0) is 22.6 Å². The fourth-order valence-corrected chi connectivity index (χ4v) is 2.33. The van der Waals surface area contributed by atoms with Crippen LogP contribution in [0.1, 0.15) is 11.1 Å². The minimum atomic E-state index is -0.641. The number of thiol groups is 1. The first-order valence-corrected chi connectivity index (χ1v) is 7.97. The second kappa shape index (κ2) is 9.00. The van der Waals surface area contributed by atoms with Gasteiger partial charge in [-0.05, 0) is 17.5 Å². The molecule has 2 rings (SSSR count). The molecule has 23 heavy (non-hydrogen) atoms. The maximum atomic E-state index is 12.0. The van der Waals surface area contributed by atoms with E-state index in [-0.39, 0.29) is 18.1 Å². The number of hydrogen-bond donors (Lipinski definition) is 2. The molecule has 120 valence electrons. The first-order valence-electron chi connectivity index (χ1n) is 7.33. The SMILES string of the molecule is O=C(N[C@H](Cc1ccccc1)C(=O)CS)OCc1ccccc1. The van der Waals surface area contributed by atoms with Crippen molar-refractivity contribution >= 4 is 24.5 Å². The van der Waals surface area contributed by atoms with E-state index in [0.29, 0.717) is 6.42 Å². The van der Waals surface area contributed by atoms with Crippen molar-refractivity contribution in [1.29, 1.82) is 0 Å². The van der Waals surface area contributed by atoms with Crippen LogP contribution < -0.4 is 5.32 Å². The number of amides is 1. The van der Waals surface area contributed by atoms with Crippen molar-refractivity contribution in [2.24, 2.45) is 0 Å². The van der Waals surface area contributed by atoms with Crippen LogP contribution in [0.25, 0.3) is 0 Å². The van der Waals surface area contributed by atoms with Crippen LogP contribution in [0.3, 0.4) is 0 Å². The molecule has 0 unspecified atom stereocenters. The van der Waals surface area contributed by atoms with Gasteiger partial charge in [0.2, 0.25) is 0 Å². The lowest BCUT2D eigenvalue weighted by Crippen LogP contribution is -2.43. The summed E-state index contributed by atoms with van der Waals surface area (Å²) in [5.74, 6) is -0.0786. The highest BCUT2D eigenvalue weighted by Crippen LogP contribution is 2.06. The minimum Gasteiger partial charge on any atom is -0.445 e. The monoisotopic (exact) mass is 329 g/mol. The number of carbonyl (C=O) groups is 2. The van der Waals surface area contributed by atoms with E-state index in [1.54, 1.807) is 0 Å². The highest BCUT2D eigenvalue weighted by Gasteiger charge is 2.20. The third-order valence-electron chi connectivity index (χ3n) is 3.33. The van der Waals surface area contributed by atoms with Gasteiger partial charge in [0.15, 0.2) is 5.78 Å². The number of rotatable bonds is 7. The number of ether oxygens (including phenoxy) is 1. The Hall–Kier alpha value is -2.27. The van der Waals surface area contributed by atoms with Crippen LogP contribution in [0.4, 0.5) is 4.79 Å². The molecule has 0 bridgehead atoms. The van der Waals surface area contributed by atoms with Crippen molar-refractivity contribution in [3.05, 3.63) is 71.8 Å². The first-order chi connectivity index (χ1) is 11.2. The quantitative estimate of drug-likeness (QED) is 0.768. The zero-order valence-electron chi connectivity index (χ0n) is 12.6. The summed E-state index contributed by atoms with van der Waals surface area (Å²) in [6.45, 7) is 0.166. The molecule has 1 amide bonds. The molecule has 0 radical (unpaired) electrons. The molecule has 0 saturated heterocycles. The van der Waals surface area contributed by atoms with Gasteiger partial charge in [-0.3, -0.25) is 4.79 Å². The molecule has 2 aromatic rings. The van der Waals surface area contributed by atoms with E-state index in [9.17, 15) is 9.59 Å². The number of hydrogen-bond acceptors (Lipinski definition) is 4. The van der Waals surface area contributed by atoms with Crippen LogP contribution in [0, 0.1) is 0 Å². The number of carbonyl (C=O) groups excluding carboxylic acids is 2. The molecule has 0 aliphatic heterocycles. The van der Waals surface area contributed by atoms with Gasteiger partial charge in [0.05, 0.1) is 11.8 Å². The summed E-state index contributed by atoms with van der Waals surface area (Å²) in [6, 6.07) is 18.3. The van der Waals surface area contributed by atoms with Crippen molar-refractivity contribution in [1.82, 2.24) is 5.32 Å². The topological polar surface area (TPSA) is 55.4 Å². The summed E-state index contributed by atoms with van der Waals surface area (Å²) in [5.41, 5.74) is 1.86. The molecule has 4 nitrogen and oxygen atoms in total. The summed E-state index contributed by atoms with van der Waals surface area (Å²) in [4.78, 5) is 23.9. The Balaban J connectivity index is 1.91. The maximum absolute atomic E-state index is 12.0. The van der Waals surface area contributed by atoms with Gasteiger partial charge >= 0.3 is 6.09 Å². The smallest absolute Gasteiger partial charge is 0.408 e. The lowest BCUT2D eigenvalue weighted by molar-refractivity contribution is -0.118. The van der Waals surface area contributed by atoms with E-state index in [0.717, 1.165) is 11.1 Å². The van der Waals surface area contributed by atoms with Gasteiger partial charge < -0.3 is 10.1 Å². The molecule has 0 aliphatic carbocycles. The van der Waals surface area contributed by atoms with E-state index in [4.69, 9.17) is 4.74 Å². The molecule has 0 heterocycles. The summed E-state index contributed by atoms with van der Waals surface area (Å²) < 4.78 is 5.16. The van der Waals surface area contributed by atoms with Crippen LogP contribution in [0.5, 0.6) is 0 Å². The van der Waals surface area contributed by atoms with Crippen LogP contribution in [0.2, 0.25) is 0 Å². The summed E-state index contributed by atoms with van der Waals surface area (Å²) in [7, 11) is 0. The Morgan fingerprint density at radius 1 is 0.957 bits per heavy atom. The molecular weight excluding hydrogens is 310 g/mol. The molecule has 0 aliphatic rings. The third kappa shape index (κ3) is 5.79. The van der Waals surface area contributed by atoms with Gasteiger partial charge in [-0.25, -0.2) is 4.79 Å². The molecule has 5 heteroatoms. The lowest BCUT2D eigenvalue weighted by atomic mass is 10.0. The molecule has 0 saturated carbocycles. The number of nitrogens with one attached hydrogen (secondary N) is 1. The predicted molar refractivity (Wildman–Crippen MR) is 92.6 cm³/mol. The lowest BCUT2D eigenvalue weighted by Gasteiger charge is -2.17. The Morgan fingerprint density at radius 2 is 1.52 bits per heavy atom. The third-order valence-corrected chi connectivity index (χ3v) is 3.64. The molecule has 0 spiro atoms. The fourth-order valence-electron chi connectivity index (χ4n) is 2.11. The van der Waals surface area contributed by atoms with Crippen LogP contribution >= 0.6 is 12.6 Å². The highest BCUT2D eigenvalue weighted by atomic mass is 32.1. The molecule has 1 atom stereocenters. The average molecular weight is 329 g/mol. The normalized spacial score (nSPS) is 11.5. The second-order valence-corrected chi connectivity index (χ2v) is 5.39. The molecule has 0 fully saturated rings. The largest absolute Gasteiger partial charge is 0.445 e. The van der Waals surface area contributed by atoms with E-state index in [1.807, 2.05) is 60.7 Å². The zero-order valence-corrected chi connectivity index (χ0v) is 13.5. The van der Waals surface area contributed by atoms with Crippen LogP contribution in [0.15, 0.2) is 60.7 Å². The fraction of sp³-hybridized carbons (Fsp3) is 0.222. The maximum Gasteiger partial charge on any atom is 0.408 e. The summed E-state index contributed by atoms with van der Waals surface area (Å²) in [6.07, 6.45) is -0.189. The number of benzene rings is 2. The zero-order chi connectivity index (χ0) is 16.5. The van der Waals surface area contributed by atoms with Crippen LogP contribution in [-0.4, -0.2) is 23.7 Å². The van der Waals surface area contributed by atoms with E-state index in [2.05, 4.69) is 17.9 Å². The van der Waals surface area contributed by atoms with Crippen molar-refractivity contribution in [3.63, 3.8) is 0 Å². The molecule has 2 aromatic carbocycles. The van der Waals surface area contributed by atoms with E-state index < -0.39 is 12.1 Å². The Labute approximate surface area is 141 Å². The Morgan fingerprint density at radius 3 is 2.09 bits per heavy atom. The van der Waals surface area contributed by atoms with Gasteiger partial charge in [0.1, 0.15) is 6.61 Å². The minimum absolute atomic E-state index is 0.0659. The summed E-state index contributed by atoms with van der Waals surface area (Å²) >= 11 is 4.01. The van der Waals surface area contributed by atoms with Gasteiger partial charge in [0.25, 0.3) is 0 Å². The van der Waals surface area contributed by atoms with Crippen molar-refractivity contribution in [3.8, 4) is 0 Å². The van der Waals surface area contributed by atoms with Gasteiger partial charge in [-0.15, -0.1) is 0 Å². The molecule has 1 N–H and O–H groups in total. The number of alkyl carbamates (subject to hydrolysis) is 1. The van der Waals surface area contributed by atoms with Gasteiger partial charge in [-0.1, -0.05) is 60.7 Å². The molecule has 0 aromatic heterocycles. The Kier molecular flexibility index (Phi) is 6.69. The average Bonchev–Trinajstić information content (AvgIpc) is 2.60. The van der Waals surface area contributed by atoms with Crippen molar-refractivity contribution in [2.45, 2.75) is 19.1 Å². The first kappa shape index (κ1) is 17.1.